The van der Waals surface area contributed by atoms with Gasteiger partial charge in [0.05, 0.1) is 5.92 Å². The molecule has 0 bridgehead atoms. The van der Waals surface area contributed by atoms with Crippen molar-refractivity contribution in [3.05, 3.63) is 35.4 Å². The van der Waals surface area contributed by atoms with Crippen LogP contribution in [0.4, 0.5) is 0 Å². The van der Waals surface area contributed by atoms with Crippen LogP contribution in [0.15, 0.2) is 24.3 Å². The van der Waals surface area contributed by atoms with Crippen LogP contribution in [0.5, 0.6) is 0 Å². The lowest BCUT2D eigenvalue weighted by Gasteiger charge is -2.24. The summed E-state index contributed by atoms with van der Waals surface area (Å²) in [5.74, 6) is 0.0667. The molecule has 1 aliphatic heterocycles. The van der Waals surface area contributed by atoms with Crippen molar-refractivity contribution in [1.82, 2.24) is 9.80 Å². The predicted molar refractivity (Wildman–Crippen MR) is 91.9 cm³/mol. The first-order valence-corrected chi connectivity index (χ1v) is 8.67. The molecule has 1 aromatic rings. The quantitative estimate of drug-likeness (QED) is 0.776. The van der Waals surface area contributed by atoms with E-state index in [2.05, 4.69) is 32.9 Å². The highest BCUT2D eigenvalue weighted by atomic mass is 16.2. The molecule has 0 aromatic heterocycles. The van der Waals surface area contributed by atoms with E-state index in [1.54, 1.807) is 0 Å². The molecule has 0 saturated carbocycles. The minimum atomic E-state index is -0.176. The fourth-order valence-corrected chi connectivity index (χ4v) is 3.25. The van der Waals surface area contributed by atoms with E-state index in [0.29, 0.717) is 19.5 Å². The smallest absolute Gasteiger partial charge is 0.227 e. The van der Waals surface area contributed by atoms with Crippen LogP contribution in [0.2, 0.25) is 0 Å². The van der Waals surface area contributed by atoms with Crippen LogP contribution in [-0.2, 0) is 16.1 Å². The summed E-state index contributed by atoms with van der Waals surface area (Å²) in [6.07, 6.45) is 2.27. The second-order valence-electron chi connectivity index (χ2n) is 6.49. The average molecular weight is 316 g/mol. The SMILES string of the molecule is CCCN(CCC)C(=O)C1CC(=O)N(Cc2cccc(C)c2)C1. The Morgan fingerprint density at radius 2 is 1.96 bits per heavy atom. The third kappa shape index (κ3) is 4.57. The molecular weight excluding hydrogens is 288 g/mol. The van der Waals surface area contributed by atoms with Crippen molar-refractivity contribution in [3.63, 3.8) is 0 Å². The van der Waals surface area contributed by atoms with Gasteiger partial charge in [0.15, 0.2) is 0 Å². The Morgan fingerprint density at radius 3 is 2.57 bits per heavy atom. The fraction of sp³-hybridized carbons (Fsp3) is 0.579. The monoisotopic (exact) mass is 316 g/mol. The van der Waals surface area contributed by atoms with Gasteiger partial charge in [-0.1, -0.05) is 43.7 Å². The zero-order valence-corrected chi connectivity index (χ0v) is 14.5. The van der Waals surface area contributed by atoms with Crippen molar-refractivity contribution in [2.75, 3.05) is 19.6 Å². The molecule has 0 N–H and O–H groups in total. The van der Waals surface area contributed by atoms with Gasteiger partial charge in [-0.3, -0.25) is 9.59 Å². The van der Waals surface area contributed by atoms with E-state index in [4.69, 9.17) is 0 Å². The fourth-order valence-electron chi connectivity index (χ4n) is 3.25. The summed E-state index contributed by atoms with van der Waals surface area (Å²) < 4.78 is 0. The van der Waals surface area contributed by atoms with Crippen LogP contribution in [-0.4, -0.2) is 41.2 Å². The zero-order valence-electron chi connectivity index (χ0n) is 14.5. The summed E-state index contributed by atoms with van der Waals surface area (Å²) in [6.45, 7) is 8.94. The van der Waals surface area contributed by atoms with Gasteiger partial charge in [0, 0.05) is 32.6 Å². The molecule has 0 aliphatic carbocycles. The van der Waals surface area contributed by atoms with E-state index >= 15 is 0 Å². The van der Waals surface area contributed by atoms with E-state index in [1.807, 2.05) is 21.9 Å². The first kappa shape index (κ1) is 17.5. The molecule has 1 unspecified atom stereocenters. The van der Waals surface area contributed by atoms with Crippen molar-refractivity contribution in [3.8, 4) is 0 Å². The van der Waals surface area contributed by atoms with Crippen molar-refractivity contribution < 1.29 is 9.59 Å². The minimum Gasteiger partial charge on any atom is -0.342 e. The molecule has 1 aromatic carbocycles. The number of hydrogen-bond donors (Lipinski definition) is 0. The van der Waals surface area contributed by atoms with Crippen LogP contribution in [0.25, 0.3) is 0 Å². The molecule has 1 aliphatic rings. The molecule has 2 rings (SSSR count). The number of hydrogen-bond acceptors (Lipinski definition) is 2. The molecule has 1 atom stereocenters. The van der Waals surface area contributed by atoms with Gasteiger partial charge < -0.3 is 9.80 Å². The summed E-state index contributed by atoms with van der Waals surface area (Å²) in [6, 6.07) is 8.20. The Kier molecular flexibility index (Phi) is 6.20. The normalized spacial score (nSPS) is 17.6. The first-order valence-electron chi connectivity index (χ1n) is 8.67. The molecule has 0 radical (unpaired) electrons. The van der Waals surface area contributed by atoms with E-state index < -0.39 is 0 Å². The number of benzene rings is 1. The lowest BCUT2D eigenvalue weighted by atomic mass is 10.1. The molecule has 4 nitrogen and oxygen atoms in total. The zero-order chi connectivity index (χ0) is 16.8. The molecule has 1 saturated heterocycles. The van der Waals surface area contributed by atoms with Crippen molar-refractivity contribution in [2.45, 2.75) is 46.6 Å². The van der Waals surface area contributed by atoms with E-state index in [9.17, 15) is 9.59 Å². The standard InChI is InChI=1S/C19H28N2O2/c1-4-9-20(10-5-2)19(23)17-12-18(22)21(14-17)13-16-8-6-7-15(3)11-16/h6-8,11,17H,4-5,9-10,12-14H2,1-3H3. The maximum absolute atomic E-state index is 12.7. The van der Waals surface area contributed by atoms with E-state index in [0.717, 1.165) is 31.5 Å². The summed E-state index contributed by atoms with van der Waals surface area (Å²) in [5.41, 5.74) is 2.32. The highest BCUT2D eigenvalue weighted by Crippen LogP contribution is 2.22. The van der Waals surface area contributed by atoms with Crippen molar-refractivity contribution in [2.24, 2.45) is 5.92 Å². The molecule has 23 heavy (non-hydrogen) atoms. The molecule has 2 amide bonds. The molecule has 126 valence electrons. The third-order valence-electron chi connectivity index (χ3n) is 4.32. The maximum Gasteiger partial charge on any atom is 0.227 e. The largest absolute Gasteiger partial charge is 0.342 e. The van der Waals surface area contributed by atoms with Gasteiger partial charge in [0.2, 0.25) is 11.8 Å². The van der Waals surface area contributed by atoms with Crippen molar-refractivity contribution >= 4 is 11.8 Å². The van der Waals surface area contributed by atoms with Gasteiger partial charge in [0.1, 0.15) is 0 Å². The van der Waals surface area contributed by atoms with Gasteiger partial charge in [-0.05, 0) is 25.3 Å². The Balaban J connectivity index is 1.99. The summed E-state index contributed by atoms with van der Waals surface area (Å²) in [7, 11) is 0. The van der Waals surface area contributed by atoms with Crippen LogP contribution in [0.3, 0.4) is 0 Å². The number of likely N-dealkylation sites (tertiary alicyclic amines) is 1. The van der Waals surface area contributed by atoms with Gasteiger partial charge in [-0.15, -0.1) is 0 Å². The number of carbonyl (C=O) groups excluding carboxylic acids is 2. The first-order chi connectivity index (χ1) is 11.0. The molecule has 1 fully saturated rings. The van der Waals surface area contributed by atoms with Gasteiger partial charge in [0.25, 0.3) is 0 Å². The lowest BCUT2D eigenvalue weighted by Crippen LogP contribution is -2.38. The van der Waals surface area contributed by atoms with Gasteiger partial charge in [-0.2, -0.15) is 0 Å². The Hall–Kier alpha value is -1.84. The van der Waals surface area contributed by atoms with Gasteiger partial charge in [-0.25, -0.2) is 0 Å². The molecule has 0 spiro atoms. The molecule has 1 heterocycles. The number of aryl methyl sites for hydroxylation is 1. The molecular formula is C19H28N2O2. The van der Waals surface area contributed by atoms with E-state index in [-0.39, 0.29) is 17.7 Å². The third-order valence-corrected chi connectivity index (χ3v) is 4.32. The highest BCUT2D eigenvalue weighted by Gasteiger charge is 2.36. The number of amides is 2. The lowest BCUT2D eigenvalue weighted by molar-refractivity contribution is -0.136. The van der Waals surface area contributed by atoms with Crippen molar-refractivity contribution in [1.29, 1.82) is 0 Å². The summed E-state index contributed by atoms with van der Waals surface area (Å²) >= 11 is 0. The van der Waals surface area contributed by atoms with Crippen LogP contribution in [0, 0.1) is 12.8 Å². The average Bonchev–Trinajstić information content (AvgIpc) is 2.87. The van der Waals surface area contributed by atoms with Crippen LogP contribution >= 0.6 is 0 Å². The minimum absolute atomic E-state index is 0.0952. The Morgan fingerprint density at radius 1 is 1.26 bits per heavy atom. The summed E-state index contributed by atoms with van der Waals surface area (Å²) in [4.78, 5) is 28.7. The second-order valence-corrected chi connectivity index (χ2v) is 6.49. The summed E-state index contributed by atoms with van der Waals surface area (Å²) in [5, 5.41) is 0. The number of carbonyl (C=O) groups is 2. The Bertz CT molecular complexity index is 550. The highest BCUT2D eigenvalue weighted by molar-refractivity contribution is 5.89. The Labute approximate surface area is 139 Å². The maximum atomic E-state index is 12.7. The topological polar surface area (TPSA) is 40.6 Å². The molecule has 4 heteroatoms. The number of nitrogens with zero attached hydrogens (tertiary/aromatic N) is 2. The van der Waals surface area contributed by atoms with Crippen LogP contribution in [0.1, 0.15) is 44.2 Å². The van der Waals surface area contributed by atoms with Gasteiger partial charge >= 0.3 is 0 Å². The van der Waals surface area contributed by atoms with Crippen LogP contribution < -0.4 is 0 Å². The van der Waals surface area contributed by atoms with E-state index in [1.165, 1.54) is 5.56 Å². The predicted octanol–water partition coefficient (Wildman–Crippen LogP) is 2.99. The second kappa shape index (κ2) is 8.14. The number of rotatable bonds is 7.